The summed E-state index contributed by atoms with van der Waals surface area (Å²) in [6, 6.07) is 15.4. The fraction of sp³-hybridized carbons (Fsp3) is 0.100. The first-order valence-corrected chi connectivity index (χ1v) is 7.92. The third-order valence-corrected chi connectivity index (χ3v) is 4.41. The Balaban J connectivity index is 1.92. The molecule has 2 N–H and O–H groups in total. The van der Waals surface area contributed by atoms with Crippen LogP contribution in [0.5, 0.6) is 5.75 Å². The lowest BCUT2D eigenvalue weighted by atomic mass is 9.84. The molecule has 0 saturated heterocycles. The van der Waals surface area contributed by atoms with Crippen LogP contribution in [-0.4, -0.2) is 27.2 Å². The summed E-state index contributed by atoms with van der Waals surface area (Å²) in [5, 5.41) is 13.7. The van der Waals surface area contributed by atoms with Crippen molar-refractivity contribution >= 4 is 10.8 Å². The SMILES string of the molecule is COc1ccc2cc(C(O)(c3cccnc3)c3c[nH]cn3)ccc2c1. The van der Waals surface area contributed by atoms with E-state index in [0.717, 1.165) is 22.1 Å². The second kappa shape index (κ2) is 6.03. The first-order valence-electron chi connectivity index (χ1n) is 7.92. The first-order chi connectivity index (χ1) is 12.2. The molecule has 2 aromatic heterocycles. The molecule has 0 amide bonds. The number of aliphatic hydroxyl groups is 1. The molecule has 0 spiro atoms. The van der Waals surface area contributed by atoms with E-state index in [0.29, 0.717) is 11.3 Å². The molecule has 5 heteroatoms. The maximum absolute atomic E-state index is 11.6. The minimum absolute atomic E-state index is 0.522. The van der Waals surface area contributed by atoms with E-state index >= 15 is 0 Å². The van der Waals surface area contributed by atoms with E-state index < -0.39 is 5.60 Å². The van der Waals surface area contributed by atoms with Crippen LogP contribution in [-0.2, 0) is 5.60 Å². The molecule has 4 rings (SSSR count). The first kappa shape index (κ1) is 15.4. The average molecular weight is 331 g/mol. The molecule has 0 saturated carbocycles. The van der Waals surface area contributed by atoms with E-state index in [-0.39, 0.29) is 0 Å². The minimum atomic E-state index is -1.39. The Morgan fingerprint density at radius 1 is 1.04 bits per heavy atom. The Bertz CT molecular complexity index is 1000. The highest BCUT2D eigenvalue weighted by Gasteiger charge is 2.36. The number of methoxy groups -OCH3 is 1. The summed E-state index contributed by atoms with van der Waals surface area (Å²) in [6.07, 6.45) is 6.60. The Morgan fingerprint density at radius 2 is 1.88 bits per heavy atom. The predicted molar refractivity (Wildman–Crippen MR) is 95.4 cm³/mol. The second-order valence-corrected chi connectivity index (χ2v) is 5.83. The van der Waals surface area contributed by atoms with Crippen LogP contribution < -0.4 is 4.74 Å². The third kappa shape index (κ3) is 2.55. The molecule has 0 aliphatic rings. The van der Waals surface area contributed by atoms with Crippen molar-refractivity contribution in [1.29, 1.82) is 0 Å². The van der Waals surface area contributed by atoms with Gasteiger partial charge in [-0.3, -0.25) is 4.98 Å². The molecule has 2 aromatic carbocycles. The Morgan fingerprint density at radius 3 is 2.60 bits per heavy atom. The molecule has 0 aliphatic heterocycles. The molecule has 0 aliphatic carbocycles. The Labute approximate surface area is 145 Å². The van der Waals surface area contributed by atoms with E-state index in [2.05, 4.69) is 15.0 Å². The van der Waals surface area contributed by atoms with Crippen molar-refractivity contribution in [3.8, 4) is 5.75 Å². The molecule has 25 heavy (non-hydrogen) atoms. The number of ether oxygens (including phenoxy) is 1. The number of hydrogen-bond donors (Lipinski definition) is 2. The number of nitrogens with zero attached hydrogens (tertiary/aromatic N) is 2. The molecule has 5 nitrogen and oxygen atoms in total. The van der Waals surface area contributed by atoms with Gasteiger partial charge in [-0.25, -0.2) is 4.98 Å². The summed E-state index contributed by atoms with van der Waals surface area (Å²) in [5.74, 6) is 0.801. The summed E-state index contributed by atoms with van der Waals surface area (Å²) in [7, 11) is 1.65. The van der Waals surface area contributed by atoms with Crippen molar-refractivity contribution < 1.29 is 9.84 Å². The van der Waals surface area contributed by atoms with Crippen LogP contribution >= 0.6 is 0 Å². The zero-order valence-electron chi connectivity index (χ0n) is 13.7. The predicted octanol–water partition coefficient (Wildman–Crippen LogP) is 3.25. The average Bonchev–Trinajstić information content (AvgIpc) is 3.22. The number of imidazole rings is 1. The number of aromatic amines is 1. The topological polar surface area (TPSA) is 71.0 Å². The van der Waals surface area contributed by atoms with Crippen LogP contribution in [0.3, 0.4) is 0 Å². The maximum Gasteiger partial charge on any atom is 0.160 e. The number of rotatable bonds is 4. The molecule has 0 fully saturated rings. The molecule has 4 aromatic rings. The number of hydrogen-bond acceptors (Lipinski definition) is 4. The highest BCUT2D eigenvalue weighted by molar-refractivity contribution is 5.85. The molecule has 0 radical (unpaired) electrons. The molecule has 2 heterocycles. The van der Waals surface area contributed by atoms with Crippen LogP contribution in [0.1, 0.15) is 16.8 Å². The summed E-state index contributed by atoms with van der Waals surface area (Å²) < 4.78 is 5.28. The van der Waals surface area contributed by atoms with Crippen molar-refractivity contribution in [1.82, 2.24) is 15.0 Å². The van der Waals surface area contributed by atoms with Gasteiger partial charge in [-0.05, 0) is 40.6 Å². The van der Waals surface area contributed by atoms with Crippen molar-refractivity contribution in [2.75, 3.05) is 7.11 Å². The van der Waals surface area contributed by atoms with E-state index in [9.17, 15) is 5.11 Å². The van der Waals surface area contributed by atoms with Gasteiger partial charge in [-0.1, -0.05) is 24.3 Å². The summed E-state index contributed by atoms with van der Waals surface area (Å²) in [6.45, 7) is 0. The molecular formula is C20H17N3O2. The van der Waals surface area contributed by atoms with Crippen LogP contribution in [0.15, 0.2) is 73.4 Å². The van der Waals surface area contributed by atoms with Gasteiger partial charge in [-0.15, -0.1) is 0 Å². The fourth-order valence-corrected chi connectivity index (χ4v) is 3.07. The quantitative estimate of drug-likeness (QED) is 0.602. The standard InChI is InChI=1S/C20H17N3O2/c1-25-18-7-5-14-9-16(6-4-15(14)10-18)20(24,19-12-22-13-23-19)17-3-2-8-21-11-17/h2-13,24H,1H3,(H,22,23). The monoisotopic (exact) mass is 331 g/mol. The van der Waals surface area contributed by atoms with Gasteiger partial charge in [-0.2, -0.15) is 0 Å². The van der Waals surface area contributed by atoms with Crippen molar-refractivity contribution in [3.05, 3.63) is 90.3 Å². The second-order valence-electron chi connectivity index (χ2n) is 5.83. The molecule has 0 bridgehead atoms. The number of H-pyrrole nitrogens is 1. The Hall–Kier alpha value is -3.18. The largest absolute Gasteiger partial charge is 0.497 e. The molecule has 124 valence electrons. The highest BCUT2D eigenvalue weighted by Crippen LogP contribution is 2.36. The number of fused-ring (bicyclic) bond motifs is 1. The molecular weight excluding hydrogens is 314 g/mol. The van der Waals surface area contributed by atoms with Crippen LogP contribution in [0.4, 0.5) is 0 Å². The maximum atomic E-state index is 11.6. The van der Waals surface area contributed by atoms with Gasteiger partial charge in [0.1, 0.15) is 5.75 Å². The van der Waals surface area contributed by atoms with Crippen molar-refractivity contribution in [2.24, 2.45) is 0 Å². The fourth-order valence-electron chi connectivity index (χ4n) is 3.07. The van der Waals surface area contributed by atoms with E-state index in [4.69, 9.17) is 4.74 Å². The number of aromatic nitrogens is 3. The lowest BCUT2D eigenvalue weighted by molar-refractivity contribution is 0.121. The summed E-state index contributed by atoms with van der Waals surface area (Å²) in [5.41, 5.74) is 0.524. The Kier molecular flexibility index (Phi) is 3.71. The van der Waals surface area contributed by atoms with Gasteiger partial charge in [0.2, 0.25) is 0 Å². The summed E-state index contributed by atoms with van der Waals surface area (Å²) in [4.78, 5) is 11.4. The third-order valence-electron chi connectivity index (χ3n) is 4.41. The van der Waals surface area contributed by atoms with Gasteiger partial charge in [0.05, 0.1) is 19.1 Å². The number of pyridine rings is 1. The van der Waals surface area contributed by atoms with Crippen LogP contribution in [0, 0.1) is 0 Å². The zero-order valence-corrected chi connectivity index (χ0v) is 13.7. The smallest absolute Gasteiger partial charge is 0.160 e. The lowest BCUT2D eigenvalue weighted by Crippen LogP contribution is -2.29. The zero-order chi connectivity index (χ0) is 17.3. The minimum Gasteiger partial charge on any atom is -0.497 e. The van der Waals surface area contributed by atoms with Crippen LogP contribution in [0.2, 0.25) is 0 Å². The summed E-state index contributed by atoms with van der Waals surface area (Å²) >= 11 is 0. The van der Waals surface area contributed by atoms with Gasteiger partial charge in [0.15, 0.2) is 5.60 Å². The van der Waals surface area contributed by atoms with Crippen molar-refractivity contribution in [2.45, 2.75) is 5.60 Å². The number of benzene rings is 2. The lowest BCUT2D eigenvalue weighted by Gasteiger charge is -2.27. The van der Waals surface area contributed by atoms with Gasteiger partial charge >= 0.3 is 0 Å². The number of nitrogens with one attached hydrogen (secondary N) is 1. The normalized spacial score (nSPS) is 13.5. The highest BCUT2D eigenvalue weighted by atomic mass is 16.5. The molecule has 1 unspecified atom stereocenters. The van der Waals surface area contributed by atoms with E-state index in [1.165, 1.54) is 0 Å². The van der Waals surface area contributed by atoms with Crippen molar-refractivity contribution in [3.63, 3.8) is 0 Å². The van der Waals surface area contributed by atoms with Gasteiger partial charge < -0.3 is 14.8 Å². The van der Waals surface area contributed by atoms with E-state index in [1.807, 2.05) is 42.5 Å². The van der Waals surface area contributed by atoms with E-state index in [1.54, 1.807) is 38.1 Å². The molecule has 1 atom stereocenters. The van der Waals surface area contributed by atoms with Gasteiger partial charge in [0, 0.05) is 24.2 Å². The van der Waals surface area contributed by atoms with Gasteiger partial charge in [0.25, 0.3) is 0 Å². The van der Waals surface area contributed by atoms with Crippen LogP contribution in [0.25, 0.3) is 10.8 Å².